The van der Waals surface area contributed by atoms with Crippen molar-refractivity contribution in [3.63, 3.8) is 0 Å². The lowest BCUT2D eigenvalue weighted by Crippen LogP contribution is -2.41. The molecular weight excluding hydrogens is 436 g/mol. The van der Waals surface area contributed by atoms with Gasteiger partial charge >= 0.3 is 0 Å². The van der Waals surface area contributed by atoms with Crippen molar-refractivity contribution >= 4 is 29.2 Å². The maximum absolute atomic E-state index is 13.8. The van der Waals surface area contributed by atoms with E-state index in [0.717, 1.165) is 34.0 Å². The van der Waals surface area contributed by atoms with Crippen LogP contribution < -0.4 is 9.64 Å². The number of rotatable bonds is 4. The van der Waals surface area contributed by atoms with Gasteiger partial charge in [0.15, 0.2) is 0 Å². The van der Waals surface area contributed by atoms with Gasteiger partial charge in [0.1, 0.15) is 5.75 Å². The zero-order valence-corrected chi connectivity index (χ0v) is 20.2. The van der Waals surface area contributed by atoms with Gasteiger partial charge in [0.25, 0.3) is 11.8 Å². The monoisotopic (exact) mass is 462 g/mol. The molecule has 0 spiro atoms. The minimum absolute atomic E-state index is 0.314. The highest BCUT2D eigenvalue weighted by atomic mass is 16.5. The molecule has 0 N–H and O–H groups in total. The minimum Gasteiger partial charge on any atom is -0.495 e. The fourth-order valence-electron chi connectivity index (χ4n) is 4.70. The smallest absolute Gasteiger partial charge is 0.265 e. The third-order valence-electron chi connectivity index (χ3n) is 6.47. The summed E-state index contributed by atoms with van der Waals surface area (Å²) in [7, 11) is 1.66. The van der Waals surface area contributed by atoms with Crippen molar-refractivity contribution in [3.05, 3.63) is 113 Å². The van der Waals surface area contributed by atoms with Gasteiger partial charge in [0, 0.05) is 22.5 Å². The molecule has 1 aliphatic heterocycles. The first-order valence-corrected chi connectivity index (χ1v) is 11.5. The van der Waals surface area contributed by atoms with Crippen LogP contribution in [0.25, 0.3) is 17.3 Å². The van der Waals surface area contributed by atoms with E-state index < -0.39 is 0 Å². The molecular formula is C30H26N2O3. The first kappa shape index (κ1) is 22.4. The fourth-order valence-corrected chi connectivity index (χ4v) is 4.70. The molecule has 0 saturated heterocycles. The van der Waals surface area contributed by atoms with Crippen LogP contribution in [0.3, 0.4) is 0 Å². The first-order valence-electron chi connectivity index (χ1n) is 11.5. The van der Waals surface area contributed by atoms with Gasteiger partial charge in [0.05, 0.1) is 18.5 Å². The van der Waals surface area contributed by atoms with E-state index in [1.54, 1.807) is 13.2 Å². The van der Waals surface area contributed by atoms with Crippen LogP contribution in [0.15, 0.2) is 78.9 Å². The van der Waals surface area contributed by atoms with Gasteiger partial charge in [-0.1, -0.05) is 48.0 Å². The van der Waals surface area contributed by atoms with E-state index in [-0.39, 0.29) is 11.8 Å². The molecule has 0 atom stereocenters. The zero-order valence-electron chi connectivity index (χ0n) is 20.2. The van der Waals surface area contributed by atoms with Gasteiger partial charge in [-0.3, -0.25) is 9.59 Å². The highest BCUT2D eigenvalue weighted by Gasteiger charge is 2.36. The Morgan fingerprint density at radius 1 is 0.771 bits per heavy atom. The first-order chi connectivity index (χ1) is 16.9. The van der Waals surface area contributed by atoms with E-state index in [9.17, 15) is 9.59 Å². The van der Waals surface area contributed by atoms with Crippen LogP contribution in [0.2, 0.25) is 0 Å². The molecule has 0 bridgehead atoms. The van der Waals surface area contributed by atoms with Gasteiger partial charge in [0.2, 0.25) is 0 Å². The number of methoxy groups -OCH3 is 1. The molecule has 5 rings (SSSR count). The second-order valence-corrected chi connectivity index (χ2v) is 8.72. The second-order valence-electron chi connectivity index (χ2n) is 8.72. The van der Waals surface area contributed by atoms with Crippen molar-refractivity contribution in [2.24, 2.45) is 0 Å². The Bertz CT molecular complexity index is 1490. The van der Waals surface area contributed by atoms with E-state index in [4.69, 9.17) is 4.74 Å². The predicted octanol–water partition coefficient (Wildman–Crippen LogP) is 6.14. The van der Waals surface area contributed by atoms with Crippen molar-refractivity contribution in [1.82, 2.24) is 4.57 Å². The molecule has 1 aromatic heterocycles. The number of para-hydroxylation sites is 2. The van der Waals surface area contributed by atoms with Crippen molar-refractivity contribution in [2.75, 3.05) is 12.0 Å². The number of imide groups is 1. The molecule has 4 aromatic rings. The number of anilines is 1. The summed E-state index contributed by atoms with van der Waals surface area (Å²) in [6.45, 7) is 6.02. The van der Waals surface area contributed by atoms with Crippen molar-refractivity contribution in [2.45, 2.75) is 20.8 Å². The van der Waals surface area contributed by atoms with E-state index in [2.05, 4.69) is 10.6 Å². The Balaban J connectivity index is 1.68. The molecule has 3 aromatic carbocycles. The quantitative estimate of drug-likeness (QED) is 0.270. The maximum Gasteiger partial charge on any atom is 0.265 e. The summed E-state index contributed by atoms with van der Waals surface area (Å²) in [4.78, 5) is 28.4. The van der Waals surface area contributed by atoms with E-state index >= 15 is 0 Å². The lowest BCUT2D eigenvalue weighted by molar-refractivity contribution is -0.112. The number of amides is 2. The summed E-state index contributed by atoms with van der Waals surface area (Å²) in [5.74, 6) is 0.120. The zero-order chi connectivity index (χ0) is 24.7. The topological polar surface area (TPSA) is 51.5 Å². The van der Waals surface area contributed by atoms with Crippen LogP contribution >= 0.6 is 0 Å². The molecule has 2 amide bonds. The van der Waals surface area contributed by atoms with Gasteiger partial charge in [-0.05, 0) is 74.4 Å². The number of aromatic nitrogens is 1. The summed E-state index contributed by atoms with van der Waals surface area (Å²) in [6.07, 6.45) is 1.89. The Morgan fingerprint density at radius 3 is 2.14 bits per heavy atom. The van der Waals surface area contributed by atoms with Gasteiger partial charge in [-0.15, -0.1) is 0 Å². The molecule has 0 aliphatic carbocycles. The fraction of sp³-hybridized carbons (Fsp3) is 0.133. The molecule has 0 saturated carbocycles. The summed E-state index contributed by atoms with van der Waals surface area (Å²) in [5, 5.41) is 0. The lowest BCUT2D eigenvalue weighted by Gasteiger charge is -2.28. The highest BCUT2D eigenvalue weighted by Crippen LogP contribution is 2.35. The standard InChI is InChI=1S/C30H26N2O3/c1-19-13-15-23(16-14-19)32-29(33)25-10-6-5-9-24(25)26(30(32)34)18-22-17-20(2)31(21(22)3)27-11-7-8-12-28(27)35-4/h5-18H,1-4H3/b26-18+. The largest absolute Gasteiger partial charge is 0.495 e. The third-order valence-corrected chi connectivity index (χ3v) is 6.47. The Morgan fingerprint density at radius 2 is 1.43 bits per heavy atom. The van der Waals surface area contributed by atoms with Crippen LogP contribution in [0.5, 0.6) is 5.75 Å². The number of hydrogen-bond acceptors (Lipinski definition) is 3. The number of fused-ring (bicyclic) bond motifs is 1. The number of hydrogen-bond donors (Lipinski definition) is 0. The lowest BCUT2D eigenvalue weighted by atomic mass is 9.91. The Labute approximate surface area is 204 Å². The Hall–Kier alpha value is -4.38. The second kappa shape index (κ2) is 8.76. The third kappa shape index (κ3) is 3.75. The summed E-state index contributed by atoms with van der Waals surface area (Å²) in [6, 6.07) is 24.6. The molecule has 174 valence electrons. The van der Waals surface area contributed by atoms with Gasteiger partial charge in [-0.2, -0.15) is 0 Å². The molecule has 35 heavy (non-hydrogen) atoms. The minimum atomic E-state index is -0.334. The van der Waals surface area contributed by atoms with Gasteiger partial charge < -0.3 is 9.30 Å². The number of aryl methyl sites for hydroxylation is 2. The highest BCUT2D eigenvalue weighted by molar-refractivity contribution is 6.43. The van der Waals surface area contributed by atoms with Gasteiger partial charge in [-0.25, -0.2) is 4.90 Å². The normalized spacial score (nSPS) is 14.4. The van der Waals surface area contributed by atoms with Crippen LogP contribution in [-0.2, 0) is 4.79 Å². The average Bonchev–Trinajstić information content (AvgIpc) is 3.15. The van der Waals surface area contributed by atoms with Crippen molar-refractivity contribution in [1.29, 1.82) is 0 Å². The van der Waals surface area contributed by atoms with Crippen LogP contribution in [-0.4, -0.2) is 23.5 Å². The van der Waals surface area contributed by atoms with E-state index in [1.807, 2.05) is 93.6 Å². The summed E-state index contributed by atoms with van der Waals surface area (Å²) >= 11 is 0. The summed E-state index contributed by atoms with van der Waals surface area (Å²) in [5.41, 5.74) is 7.10. The van der Waals surface area contributed by atoms with Crippen molar-refractivity contribution in [3.8, 4) is 11.4 Å². The van der Waals surface area contributed by atoms with Crippen LogP contribution in [0, 0.1) is 20.8 Å². The number of ether oxygens (including phenoxy) is 1. The Kier molecular flexibility index (Phi) is 5.61. The molecule has 5 nitrogen and oxygen atoms in total. The van der Waals surface area contributed by atoms with Crippen LogP contribution in [0.1, 0.15) is 38.4 Å². The molecule has 0 fully saturated rings. The summed E-state index contributed by atoms with van der Waals surface area (Å²) < 4.78 is 7.70. The number of nitrogens with zero attached hydrogens (tertiary/aromatic N) is 2. The molecule has 5 heteroatoms. The predicted molar refractivity (Wildman–Crippen MR) is 139 cm³/mol. The molecule has 0 radical (unpaired) electrons. The maximum atomic E-state index is 13.8. The van der Waals surface area contributed by atoms with Crippen molar-refractivity contribution < 1.29 is 14.3 Å². The number of benzene rings is 3. The molecule has 2 heterocycles. The number of carbonyl (C=O) groups excluding carboxylic acids is 2. The SMILES string of the molecule is COc1ccccc1-n1c(C)cc(/C=C2/C(=O)N(c3ccc(C)cc3)C(=O)c3ccccc32)c1C. The van der Waals surface area contributed by atoms with E-state index in [1.165, 1.54) is 4.90 Å². The number of carbonyl (C=O) groups is 2. The average molecular weight is 463 g/mol. The van der Waals surface area contributed by atoms with Crippen LogP contribution in [0.4, 0.5) is 5.69 Å². The molecule has 0 unspecified atom stereocenters. The van der Waals surface area contributed by atoms with E-state index in [0.29, 0.717) is 22.4 Å². The molecule has 1 aliphatic rings.